The maximum atomic E-state index is 14.5. The van der Waals surface area contributed by atoms with Gasteiger partial charge in [-0.05, 0) is 26.3 Å². The van der Waals surface area contributed by atoms with E-state index in [0.29, 0.717) is 13.1 Å². The van der Waals surface area contributed by atoms with Gasteiger partial charge in [0.1, 0.15) is 12.3 Å². The Balaban J connectivity index is 1.83. The van der Waals surface area contributed by atoms with Gasteiger partial charge >= 0.3 is 0 Å². The lowest BCUT2D eigenvalue weighted by Crippen LogP contribution is -2.70. The summed E-state index contributed by atoms with van der Waals surface area (Å²) < 4.78 is 38.2. The van der Waals surface area contributed by atoms with E-state index in [1.54, 1.807) is 35.0 Å². The first-order valence-corrected chi connectivity index (χ1v) is 9.18. The molecule has 2 aliphatic rings. The highest BCUT2D eigenvalue weighted by Gasteiger charge is 2.59. The summed E-state index contributed by atoms with van der Waals surface area (Å²) in [6, 6.07) is 10.2. The molecular formula is C20H30FNO4. The van der Waals surface area contributed by atoms with Gasteiger partial charge in [0, 0.05) is 39.8 Å². The second kappa shape index (κ2) is 7.52. The molecule has 2 aliphatic heterocycles. The van der Waals surface area contributed by atoms with E-state index in [9.17, 15) is 4.39 Å². The van der Waals surface area contributed by atoms with Crippen molar-refractivity contribution in [2.24, 2.45) is 5.92 Å². The Morgan fingerprint density at radius 1 is 1.12 bits per heavy atom. The highest BCUT2D eigenvalue weighted by atomic mass is 19.1. The zero-order valence-electron chi connectivity index (χ0n) is 16.3. The van der Waals surface area contributed by atoms with Crippen molar-refractivity contribution in [2.75, 3.05) is 27.3 Å². The van der Waals surface area contributed by atoms with Crippen molar-refractivity contribution in [3.63, 3.8) is 0 Å². The predicted octanol–water partition coefficient (Wildman–Crippen LogP) is 2.99. The smallest absolute Gasteiger partial charge is 0.220 e. The summed E-state index contributed by atoms with van der Waals surface area (Å²) in [5.41, 5.74) is 1.20. The fourth-order valence-electron chi connectivity index (χ4n) is 3.99. The molecule has 5 nitrogen and oxygen atoms in total. The van der Waals surface area contributed by atoms with Gasteiger partial charge in [-0.15, -0.1) is 0 Å². The van der Waals surface area contributed by atoms with Crippen LogP contribution >= 0.6 is 0 Å². The van der Waals surface area contributed by atoms with E-state index in [2.05, 4.69) is 17.0 Å². The van der Waals surface area contributed by atoms with E-state index in [1.165, 1.54) is 5.56 Å². The topological polar surface area (TPSA) is 40.2 Å². The highest BCUT2D eigenvalue weighted by molar-refractivity contribution is 5.15. The van der Waals surface area contributed by atoms with Crippen LogP contribution in [0.5, 0.6) is 0 Å². The van der Waals surface area contributed by atoms with Crippen molar-refractivity contribution in [3.8, 4) is 0 Å². The van der Waals surface area contributed by atoms with Crippen molar-refractivity contribution < 1.29 is 23.3 Å². The van der Waals surface area contributed by atoms with E-state index in [1.807, 2.05) is 18.2 Å². The molecule has 1 aromatic rings. The molecule has 6 heteroatoms. The molecule has 2 fully saturated rings. The Kier molecular flexibility index (Phi) is 5.70. The van der Waals surface area contributed by atoms with Crippen molar-refractivity contribution in [1.29, 1.82) is 0 Å². The SMILES string of the molecule is CO[C@@]1(C)O[C@@H]2[C@@H](C(C)F)CN(Cc3ccccc3)C[C@H]2O[C@]1(C)OC. The number of rotatable bonds is 5. The molecule has 0 aliphatic carbocycles. The van der Waals surface area contributed by atoms with Crippen molar-refractivity contribution in [1.82, 2.24) is 4.90 Å². The number of halogens is 1. The van der Waals surface area contributed by atoms with Crippen LogP contribution in [0.3, 0.4) is 0 Å². The molecule has 26 heavy (non-hydrogen) atoms. The Labute approximate surface area is 155 Å². The number of hydrogen-bond acceptors (Lipinski definition) is 5. The van der Waals surface area contributed by atoms with Gasteiger partial charge in [0.15, 0.2) is 0 Å². The normalized spacial score (nSPS) is 39.4. The minimum absolute atomic E-state index is 0.288. The van der Waals surface area contributed by atoms with Crippen LogP contribution in [0.15, 0.2) is 30.3 Å². The summed E-state index contributed by atoms with van der Waals surface area (Å²) in [4.78, 5) is 2.23. The van der Waals surface area contributed by atoms with Crippen LogP contribution in [0.25, 0.3) is 0 Å². The second-order valence-corrected chi connectivity index (χ2v) is 7.56. The van der Waals surface area contributed by atoms with E-state index in [4.69, 9.17) is 18.9 Å². The molecule has 2 saturated heterocycles. The third kappa shape index (κ3) is 3.53. The molecule has 0 spiro atoms. The maximum Gasteiger partial charge on any atom is 0.220 e. The largest absolute Gasteiger partial charge is 0.349 e. The lowest BCUT2D eigenvalue weighted by molar-refractivity contribution is -0.458. The van der Waals surface area contributed by atoms with Crippen LogP contribution in [-0.4, -0.2) is 62.2 Å². The van der Waals surface area contributed by atoms with Gasteiger partial charge < -0.3 is 18.9 Å². The van der Waals surface area contributed by atoms with Gasteiger partial charge in [-0.1, -0.05) is 30.3 Å². The Hall–Kier alpha value is -1.05. The number of nitrogens with zero attached hydrogens (tertiary/aromatic N) is 1. The average Bonchev–Trinajstić information content (AvgIpc) is 2.63. The first-order valence-electron chi connectivity index (χ1n) is 9.18. The van der Waals surface area contributed by atoms with E-state index in [-0.39, 0.29) is 18.1 Å². The number of alkyl halides is 1. The zero-order valence-corrected chi connectivity index (χ0v) is 16.3. The second-order valence-electron chi connectivity index (χ2n) is 7.56. The number of likely N-dealkylation sites (tertiary alicyclic amines) is 1. The van der Waals surface area contributed by atoms with Gasteiger partial charge in [-0.25, -0.2) is 4.39 Å². The minimum atomic E-state index is -1.10. The molecule has 1 unspecified atom stereocenters. The standard InChI is InChI=1S/C20H30FNO4/c1-14(21)16-12-22(11-15-9-7-6-8-10-15)13-17-18(16)26-20(3,24-5)19(2,23-4)25-17/h6-10,14,16-18H,11-13H2,1-5H3/t14?,16-,17-,18-,19+,20+/m1/s1. The number of methoxy groups -OCH3 is 2. The lowest BCUT2D eigenvalue weighted by atomic mass is 9.86. The third-order valence-electron chi connectivity index (χ3n) is 5.88. The van der Waals surface area contributed by atoms with Crippen molar-refractivity contribution in [2.45, 2.75) is 57.3 Å². The lowest BCUT2D eigenvalue weighted by Gasteiger charge is -2.56. The summed E-state index contributed by atoms with van der Waals surface area (Å²) in [7, 11) is 3.13. The molecule has 3 rings (SSSR count). The summed E-state index contributed by atoms with van der Waals surface area (Å²) in [5.74, 6) is -2.46. The van der Waals surface area contributed by atoms with Gasteiger partial charge in [0.2, 0.25) is 11.6 Å². The summed E-state index contributed by atoms with van der Waals surface area (Å²) >= 11 is 0. The average molecular weight is 367 g/mol. The molecule has 0 saturated carbocycles. The van der Waals surface area contributed by atoms with Crippen LogP contribution in [0, 0.1) is 5.92 Å². The quantitative estimate of drug-likeness (QED) is 0.800. The Bertz CT molecular complexity index is 601. The summed E-state index contributed by atoms with van der Waals surface area (Å²) in [6.07, 6.45) is -1.68. The van der Waals surface area contributed by atoms with Crippen LogP contribution in [0.1, 0.15) is 26.3 Å². The molecule has 0 bridgehead atoms. The van der Waals surface area contributed by atoms with Gasteiger partial charge in [0.05, 0.1) is 6.10 Å². The fraction of sp³-hybridized carbons (Fsp3) is 0.700. The minimum Gasteiger partial charge on any atom is -0.349 e. The molecular weight excluding hydrogens is 337 g/mol. The first-order chi connectivity index (χ1) is 12.3. The maximum absolute atomic E-state index is 14.5. The van der Waals surface area contributed by atoms with Crippen LogP contribution in [0.2, 0.25) is 0 Å². The number of piperidine rings is 1. The molecule has 6 atom stereocenters. The van der Waals surface area contributed by atoms with Crippen molar-refractivity contribution >= 4 is 0 Å². The monoisotopic (exact) mass is 367 g/mol. The number of ether oxygens (including phenoxy) is 4. The first kappa shape index (κ1) is 19.7. The zero-order chi connectivity index (χ0) is 18.9. The fourth-order valence-corrected chi connectivity index (χ4v) is 3.99. The molecule has 1 aromatic carbocycles. The van der Waals surface area contributed by atoms with Crippen molar-refractivity contribution in [3.05, 3.63) is 35.9 Å². The van der Waals surface area contributed by atoms with E-state index >= 15 is 0 Å². The molecule has 0 radical (unpaired) electrons. The molecule has 0 amide bonds. The molecule has 146 valence electrons. The summed E-state index contributed by atoms with van der Waals surface area (Å²) in [6.45, 7) is 7.19. The van der Waals surface area contributed by atoms with Gasteiger partial charge in [-0.2, -0.15) is 0 Å². The highest BCUT2D eigenvalue weighted by Crippen LogP contribution is 2.43. The van der Waals surface area contributed by atoms with Crippen LogP contribution < -0.4 is 0 Å². The van der Waals surface area contributed by atoms with Crippen LogP contribution in [0.4, 0.5) is 4.39 Å². The number of hydrogen-bond donors (Lipinski definition) is 0. The number of benzene rings is 1. The van der Waals surface area contributed by atoms with Crippen LogP contribution in [-0.2, 0) is 25.5 Å². The third-order valence-corrected chi connectivity index (χ3v) is 5.88. The van der Waals surface area contributed by atoms with Gasteiger partial charge in [0.25, 0.3) is 0 Å². The Morgan fingerprint density at radius 3 is 2.31 bits per heavy atom. The molecule has 0 aromatic heterocycles. The number of fused-ring (bicyclic) bond motifs is 1. The summed E-state index contributed by atoms with van der Waals surface area (Å²) in [5, 5.41) is 0. The predicted molar refractivity (Wildman–Crippen MR) is 96.4 cm³/mol. The Morgan fingerprint density at radius 2 is 1.73 bits per heavy atom. The van der Waals surface area contributed by atoms with E-state index in [0.717, 1.165) is 6.54 Å². The molecule has 2 heterocycles. The molecule has 0 N–H and O–H groups in total. The van der Waals surface area contributed by atoms with E-state index < -0.39 is 17.7 Å². The van der Waals surface area contributed by atoms with Gasteiger partial charge in [-0.3, -0.25) is 4.90 Å².